The number of nitrogens with zero attached hydrogens (tertiary/aromatic N) is 2. The van der Waals surface area contributed by atoms with Gasteiger partial charge in [-0.2, -0.15) is 13.2 Å². The van der Waals surface area contributed by atoms with Crippen molar-refractivity contribution in [3.05, 3.63) is 59.8 Å². The number of aromatic nitrogens is 1. The van der Waals surface area contributed by atoms with Crippen LogP contribution in [0.3, 0.4) is 0 Å². The zero-order chi connectivity index (χ0) is 25.7. The maximum absolute atomic E-state index is 13.0. The molecule has 1 amide bonds. The van der Waals surface area contributed by atoms with E-state index < -0.39 is 23.6 Å². The average molecular weight is 503 g/mol. The van der Waals surface area contributed by atoms with E-state index in [1.165, 1.54) is 12.1 Å². The van der Waals surface area contributed by atoms with Crippen molar-refractivity contribution < 1.29 is 27.5 Å². The Bertz CT molecular complexity index is 1220. The maximum Gasteiger partial charge on any atom is 0.416 e. The number of esters is 1. The number of amides is 1. The van der Waals surface area contributed by atoms with E-state index in [-0.39, 0.29) is 13.0 Å². The van der Waals surface area contributed by atoms with Gasteiger partial charge in [-0.05, 0) is 55.3 Å². The first-order valence-electron chi connectivity index (χ1n) is 11.9. The third-order valence-corrected chi connectivity index (χ3v) is 6.27. The van der Waals surface area contributed by atoms with E-state index in [1.807, 2.05) is 23.2 Å². The second-order valence-electron chi connectivity index (χ2n) is 8.73. The van der Waals surface area contributed by atoms with Gasteiger partial charge >= 0.3 is 12.1 Å². The molecule has 0 atom stereocenters. The first-order valence-corrected chi connectivity index (χ1v) is 11.9. The van der Waals surface area contributed by atoms with Crippen molar-refractivity contribution in [1.82, 2.24) is 9.88 Å². The van der Waals surface area contributed by atoms with Crippen LogP contribution in [0.25, 0.3) is 10.9 Å². The van der Waals surface area contributed by atoms with Crippen LogP contribution >= 0.6 is 0 Å². The molecule has 10 heteroatoms. The van der Waals surface area contributed by atoms with Gasteiger partial charge in [0.25, 0.3) is 0 Å². The van der Waals surface area contributed by atoms with E-state index >= 15 is 0 Å². The molecule has 36 heavy (non-hydrogen) atoms. The molecule has 1 fully saturated rings. The minimum absolute atomic E-state index is 0.227. The van der Waals surface area contributed by atoms with Crippen LogP contribution in [0.4, 0.5) is 24.5 Å². The lowest BCUT2D eigenvalue weighted by atomic mass is 10.1. The van der Waals surface area contributed by atoms with Crippen LogP contribution in [-0.2, 0) is 26.9 Å². The van der Waals surface area contributed by atoms with E-state index in [0.29, 0.717) is 24.5 Å². The predicted molar refractivity (Wildman–Crippen MR) is 132 cm³/mol. The maximum atomic E-state index is 13.0. The van der Waals surface area contributed by atoms with Crippen LogP contribution in [0.2, 0.25) is 0 Å². The zero-order valence-electron chi connectivity index (χ0n) is 20.0. The number of halogens is 3. The van der Waals surface area contributed by atoms with Crippen molar-refractivity contribution in [1.29, 1.82) is 0 Å². The molecular formula is C26H29F3N4O3. The number of hydrogen-bond donors (Lipinski definition) is 2. The summed E-state index contributed by atoms with van der Waals surface area (Å²) < 4.78 is 43.9. The topological polar surface area (TPSA) is 77.7 Å². The van der Waals surface area contributed by atoms with Gasteiger partial charge in [-0.15, -0.1) is 0 Å². The minimum Gasteiger partial charge on any atom is -0.466 e. The highest BCUT2D eigenvalue weighted by atomic mass is 19.4. The van der Waals surface area contributed by atoms with E-state index in [4.69, 9.17) is 4.74 Å². The summed E-state index contributed by atoms with van der Waals surface area (Å²) >= 11 is 0. The summed E-state index contributed by atoms with van der Waals surface area (Å²) in [7, 11) is 0. The smallest absolute Gasteiger partial charge is 0.416 e. The molecule has 0 saturated carbocycles. The monoisotopic (exact) mass is 502 g/mol. The van der Waals surface area contributed by atoms with Crippen molar-refractivity contribution in [2.24, 2.45) is 0 Å². The third-order valence-electron chi connectivity index (χ3n) is 6.27. The van der Waals surface area contributed by atoms with Gasteiger partial charge in [0.1, 0.15) is 6.42 Å². The van der Waals surface area contributed by atoms with Crippen molar-refractivity contribution in [2.45, 2.75) is 25.9 Å². The number of anilines is 2. The van der Waals surface area contributed by atoms with Crippen molar-refractivity contribution >= 4 is 34.2 Å². The summed E-state index contributed by atoms with van der Waals surface area (Å²) in [5, 5.41) is 3.73. The van der Waals surface area contributed by atoms with Crippen LogP contribution in [0.5, 0.6) is 0 Å². The molecule has 0 radical (unpaired) electrons. The molecule has 192 valence electrons. The second kappa shape index (κ2) is 11.0. The summed E-state index contributed by atoms with van der Waals surface area (Å²) in [6.45, 7) is 5.56. The van der Waals surface area contributed by atoms with Crippen molar-refractivity contribution in [3.63, 3.8) is 0 Å². The number of H-pyrrole nitrogens is 1. The first kappa shape index (κ1) is 25.6. The molecule has 0 aliphatic carbocycles. The second-order valence-corrected chi connectivity index (χ2v) is 8.73. The Morgan fingerprint density at radius 3 is 2.58 bits per heavy atom. The van der Waals surface area contributed by atoms with E-state index in [0.717, 1.165) is 48.6 Å². The zero-order valence-corrected chi connectivity index (χ0v) is 20.0. The minimum atomic E-state index is -4.35. The van der Waals surface area contributed by atoms with Gasteiger partial charge in [-0.25, -0.2) is 0 Å². The van der Waals surface area contributed by atoms with Gasteiger partial charge in [0.15, 0.2) is 0 Å². The van der Waals surface area contributed by atoms with Crippen LogP contribution < -0.4 is 10.2 Å². The van der Waals surface area contributed by atoms with E-state index in [9.17, 15) is 22.8 Å². The molecule has 0 spiro atoms. The Hall–Kier alpha value is -3.53. The lowest BCUT2D eigenvalue weighted by molar-refractivity contribution is -0.145. The Morgan fingerprint density at radius 1 is 1.08 bits per heavy atom. The number of ether oxygens (including phenoxy) is 1. The summed E-state index contributed by atoms with van der Waals surface area (Å²) in [4.78, 5) is 31.2. The highest BCUT2D eigenvalue weighted by Crippen LogP contribution is 2.32. The number of rotatable bonds is 8. The van der Waals surface area contributed by atoms with Crippen molar-refractivity contribution in [2.75, 3.05) is 49.5 Å². The summed E-state index contributed by atoms with van der Waals surface area (Å²) in [5.74, 6) is -0.991. The molecule has 2 aromatic carbocycles. The molecule has 1 saturated heterocycles. The summed E-state index contributed by atoms with van der Waals surface area (Å²) in [6.07, 6.45) is -1.95. The van der Waals surface area contributed by atoms with E-state index in [2.05, 4.69) is 15.2 Å². The number of carbonyl (C=O) groups is 2. The molecule has 1 aliphatic heterocycles. The quantitative estimate of drug-likeness (QED) is 0.352. The average Bonchev–Trinajstić information content (AvgIpc) is 3.25. The number of alkyl halides is 3. The normalized spacial score (nSPS) is 14.7. The summed E-state index contributed by atoms with van der Waals surface area (Å²) in [5.41, 5.74) is 2.62. The van der Waals surface area contributed by atoms with Gasteiger partial charge in [-0.3, -0.25) is 14.5 Å². The number of aromatic amines is 1. The molecule has 3 aromatic rings. The molecule has 1 aromatic heterocycles. The lowest BCUT2D eigenvalue weighted by Gasteiger charge is -2.36. The Kier molecular flexibility index (Phi) is 7.83. The van der Waals surface area contributed by atoms with Crippen LogP contribution in [0, 0.1) is 0 Å². The highest BCUT2D eigenvalue weighted by Gasteiger charge is 2.31. The van der Waals surface area contributed by atoms with Crippen LogP contribution in [0.15, 0.2) is 48.7 Å². The number of benzene rings is 2. The molecular weight excluding hydrogens is 473 g/mol. The molecule has 4 rings (SSSR count). The van der Waals surface area contributed by atoms with E-state index in [1.54, 1.807) is 19.1 Å². The number of nitrogens with one attached hydrogen (secondary N) is 2. The van der Waals surface area contributed by atoms with Crippen molar-refractivity contribution in [3.8, 4) is 0 Å². The molecule has 7 nitrogen and oxygen atoms in total. The largest absolute Gasteiger partial charge is 0.466 e. The summed E-state index contributed by atoms with van der Waals surface area (Å²) in [6, 6.07) is 11.0. The Labute approximate surface area is 207 Å². The van der Waals surface area contributed by atoms with Gasteiger partial charge < -0.3 is 19.9 Å². The van der Waals surface area contributed by atoms with Gasteiger partial charge in [-0.1, -0.05) is 6.07 Å². The fraction of sp³-hybridized carbons (Fsp3) is 0.385. The SMILES string of the molecule is CCOC(=O)CC(=O)Nc1ccc2[nH]cc(CCN3CCN(c4cccc(C(F)(F)F)c4)CC3)c2c1. The molecule has 0 unspecified atom stereocenters. The third kappa shape index (κ3) is 6.37. The van der Waals surface area contributed by atoms with Gasteiger partial charge in [0, 0.05) is 61.2 Å². The molecule has 1 aliphatic rings. The van der Waals surface area contributed by atoms with Gasteiger partial charge in [0.05, 0.1) is 12.2 Å². The Balaban J connectivity index is 1.32. The standard InChI is InChI=1S/C26H29F3N4O3/c1-2-36-25(35)16-24(34)31-20-6-7-23-22(15-20)18(17-30-23)8-9-32-10-12-33(13-11-32)21-5-3-4-19(14-21)26(27,28)29/h3-7,14-15,17,30H,2,8-13,16H2,1H3,(H,31,34). The molecule has 0 bridgehead atoms. The molecule has 2 heterocycles. The number of piperazine rings is 1. The fourth-order valence-electron chi connectivity index (χ4n) is 4.40. The number of carbonyl (C=O) groups excluding carboxylic acids is 2. The fourth-order valence-corrected chi connectivity index (χ4v) is 4.40. The first-order chi connectivity index (χ1) is 17.2. The lowest BCUT2D eigenvalue weighted by Crippen LogP contribution is -2.47. The predicted octanol–water partition coefficient (Wildman–Crippen LogP) is 4.44. The number of hydrogen-bond acceptors (Lipinski definition) is 5. The van der Waals surface area contributed by atoms with Crippen LogP contribution in [-0.4, -0.2) is 61.1 Å². The highest BCUT2D eigenvalue weighted by molar-refractivity contribution is 6.02. The number of fused-ring (bicyclic) bond motifs is 1. The Morgan fingerprint density at radius 2 is 1.86 bits per heavy atom. The molecule has 2 N–H and O–H groups in total. The van der Waals surface area contributed by atoms with Crippen LogP contribution in [0.1, 0.15) is 24.5 Å². The van der Waals surface area contributed by atoms with Gasteiger partial charge in [0.2, 0.25) is 5.91 Å².